The van der Waals surface area contributed by atoms with Crippen LogP contribution in [0.25, 0.3) is 55.2 Å². The topological polar surface area (TPSA) is 200 Å². The second-order valence-corrected chi connectivity index (χ2v) is 21.7. The average Bonchev–Trinajstić information content (AvgIpc) is 4.33. The fourth-order valence-electron chi connectivity index (χ4n) is 13.3. The zero-order valence-corrected chi connectivity index (χ0v) is 42.6. The summed E-state index contributed by atoms with van der Waals surface area (Å²) >= 11 is 0. The van der Waals surface area contributed by atoms with E-state index in [1.807, 2.05) is 29.1 Å². The number of nitrogens with zero attached hydrogens (tertiary/aromatic N) is 11. The van der Waals surface area contributed by atoms with Gasteiger partial charge in [-0.05, 0) is 93.8 Å². The number of aromatic nitrogens is 8. The Morgan fingerprint density at radius 3 is 2.58 bits per heavy atom. The van der Waals surface area contributed by atoms with Crippen molar-refractivity contribution in [1.29, 1.82) is 0 Å². The number of hydrogen-bond acceptors (Lipinski definition) is 14. The summed E-state index contributed by atoms with van der Waals surface area (Å²) in [4.78, 5) is 72.1. The predicted octanol–water partition coefficient (Wildman–Crippen LogP) is 5.86. The zero-order chi connectivity index (χ0) is 52.7. The van der Waals surface area contributed by atoms with Crippen molar-refractivity contribution in [1.82, 2.24) is 59.5 Å². The van der Waals surface area contributed by atoms with E-state index in [1.165, 1.54) is 15.2 Å². The monoisotopic (exact) mass is 1050 g/mol. The molecule has 4 aromatic heterocycles. The van der Waals surface area contributed by atoms with E-state index in [-0.39, 0.29) is 96.1 Å². The summed E-state index contributed by atoms with van der Waals surface area (Å²) in [7, 11) is 1.66. The van der Waals surface area contributed by atoms with Crippen LogP contribution in [-0.2, 0) is 27.9 Å². The van der Waals surface area contributed by atoms with E-state index in [1.54, 1.807) is 42.4 Å². The fourth-order valence-corrected chi connectivity index (χ4v) is 13.3. The predicted molar refractivity (Wildman–Crippen MR) is 281 cm³/mol. The maximum absolute atomic E-state index is 17.2. The van der Waals surface area contributed by atoms with Crippen molar-refractivity contribution >= 4 is 56.4 Å². The first-order valence-corrected chi connectivity index (χ1v) is 26.7. The van der Waals surface area contributed by atoms with Gasteiger partial charge in [0.25, 0.3) is 0 Å². The van der Waals surface area contributed by atoms with Crippen molar-refractivity contribution in [3.05, 3.63) is 88.6 Å². The quantitative estimate of drug-likeness (QED) is 0.115. The highest BCUT2D eigenvalue weighted by molar-refractivity contribution is 6.02. The minimum atomic E-state index is -0.768. The van der Waals surface area contributed by atoms with Gasteiger partial charge in [0, 0.05) is 87.0 Å². The third-order valence-electron chi connectivity index (χ3n) is 17.2. The molecule has 3 aromatic carbocycles. The number of benzene rings is 3. The number of piperazine rings is 1. The first-order valence-electron chi connectivity index (χ1n) is 26.7. The minimum Gasteiger partial charge on any atom is -0.461 e. The van der Waals surface area contributed by atoms with Crippen LogP contribution in [0.2, 0.25) is 0 Å². The van der Waals surface area contributed by atoms with E-state index in [0.29, 0.717) is 77.0 Å². The molecule has 0 spiro atoms. The Labute approximate surface area is 440 Å². The first-order chi connectivity index (χ1) is 37.4. The van der Waals surface area contributed by atoms with E-state index in [9.17, 15) is 19.2 Å². The van der Waals surface area contributed by atoms with E-state index in [4.69, 9.17) is 25.9 Å². The van der Waals surface area contributed by atoms with Crippen LogP contribution in [0, 0.1) is 29.9 Å². The average molecular weight is 1050 g/mol. The second-order valence-electron chi connectivity index (χ2n) is 21.7. The molecule has 19 nitrogen and oxygen atoms in total. The van der Waals surface area contributed by atoms with Crippen LogP contribution in [-0.4, -0.2) is 136 Å². The Morgan fingerprint density at radius 2 is 1.78 bits per heavy atom. The number of nitrogens with one attached hydrogen (secondary N) is 2. The highest BCUT2D eigenvalue weighted by atomic mass is 19.1. The highest BCUT2D eigenvalue weighted by Gasteiger charge is 2.50. The van der Waals surface area contributed by atoms with Crippen molar-refractivity contribution in [2.45, 2.75) is 100 Å². The van der Waals surface area contributed by atoms with E-state index in [2.05, 4.69) is 41.6 Å². The van der Waals surface area contributed by atoms with E-state index < -0.39 is 23.6 Å². The highest BCUT2D eigenvalue weighted by Crippen LogP contribution is 2.44. The number of fused-ring (bicyclic) bond motifs is 6. The summed E-state index contributed by atoms with van der Waals surface area (Å²) in [6.45, 7) is 4.49. The van der Waals surface area contributed by atoms with Crippen LogP contribution in [0.1, 0.15) is 75.8 Å². The summed E-state index contributed by atoms with van der Waals surface area (Å²) < 4.78 is 49.7. The smallest absolute Gasteiger partial charge is 0.409 e. The van der Waals surface area contributed by atoms with Crippen molar-refractivity contribution in [3.63, 3.8) is 0 Å². The Morgan fingerprint density at radius 1 is 0.948 bits per heavy atom. The molecule has 2 bridgehead atoms. The number of imide groups is 1. The van der Waals surface area contributed by atoms with Gasteiger partial charge in [-0.3, -0.25) is 38.6 Å². The number of terminal acetylenes is 1. The minimum absolute atomic E-state index is 0.00684. The summed E-state index contributed by atoms with van der Waals surface area (Å²) in [5.74, 6) is 1.23. The van der Waals surface area contributed by atoms with Gasteiger partial charge < -0.3 is 24.6 Å². The molecule has 0 radical (unpaired) electrons. The van der Waals surface area contributed by atoms with E-state index >= 15 is 8.78 Å². The Kier molecular flexibility index (Phi) is 12.2. The number of rotatable bonds is 11. The van der Waals surface area contributed by atoms with Crippen molar-refractivity contribution in [3.8, 4) is 40.9 Å². The van der Waals surface area contributed by atoms with Crippen LogP contribution in [0.15, 0.2) is 65.7 Å². The molecule has 6 aliphatic heterocycles. The molecular formula is C56H57F2N13O6. The fraction of sp³-hybridized carbons (Fsp3) is 0.446. The van der Waals surface area contributed by atoms with Gasteiger partial charge in [0.2, 0.25) is 11.8 Å². The molecule has 77 heavy (non-hydrogen) atoms. The molecule has 6 aliphatic rings. The zero-order valence-electron chi connectivity index (χ0n) is 42.6. The van der Waals surface area contributed by atoms with Crippen LogP contribution in [0.5, 0.6) is 6.01 Å². The van der Waals surface area contributed by atoms with Crippen molar-refractivity contribution < 1.29 is 32.6 Å². The van der Waals surface area contributed by atoms with Crippen molar-refractivity contribution in [2.75, 3.05) is 50.8 Å². The maximum atomic E-state index is 17.2. The lowest BCUT2D eigenvalue weighted by Gasteiger charge is -2.35. The van der Waals surface area contributed by atoms with Crippen LogP contribution in [0.4, 0.5) is 19.4 Å². The number of anilines is 1. The third-order valence-corrected chi connectivity index (χ3v) is 17.2. The lowest BCUT2D eigenvalue weighted by Crippen LogP contribution is -2.51. The van der Waals surface area contributed by atoms with Gasteiger partial charge in [0.05, 0.1) is 33.7 Å². The molecule has 6 saturated heterocycles. The molecule has 0 aliphatic carbocycles. The number of halogens is 2. The van der Waals surface area contributed by atoms with Gasteiger partial charge in [0.15, 0.2) is 5.82 Å². The number of likely N-dealkylation sites (tertiary alicyclic amines) is 1. The summed E-state index contributed by atoms with van der Waals surface area (Å²) in [5, 5.41) is 16.4. The number of hydrogen-bond donors (Lipinski definition) is 2. The van der Waals surface area contributed by atoms with Crippen LogP contribution in [0.3, 0.4) is 0 Å². The largest absolute Gasteiger partial charge is 0.461 e. The SMILES string of the molecule is C#Cc1c(F)ccc2cccc(-c3ncc4c(N5CC6CCC(C5)N6)nc(OC[C@@]56CCCN5[C@H](COC(=O)N5CCC(Cn7cc(-c8ccc9c(c8)n(C)c(=O)n9C8CCC(=O)NC8=O)nn7)CC5)CC6)nc4c3F)c12. The molecule has 7 aromatic rings. The molecule has 3 amide bonds. The molecule has 13 rings (SSSR count). The van der Waals surface area contributed by atoms with Gasteiger partial charge in [-0.25, -0.2) is 18.4 Å². The maximum Gasteiger partial charge on any atom is 0.409 e. The second kappa shape index (κ2) is 19.3. The Balaban J connectivity index is 0.652. The molecule has 10 heterocycles. The molecule has 21 heteroatoms. The number of carbonyl (C=O) groups excluding carboxylic acids is 3. The molecular weight excluding hydrogens is 989 g/mol. The summed E-state index contributed by atoms with van der Waals surface area (Å²) in [6.07, 6.45) is 16.5. The molecule has 0 saturated carbocycles. The number of aryl methyl sites for hydroxylation is 1. The number of pyridine rings is 1. The first kappa shape index (κ1) is 48.8. The van der Waals surface area contributed by atoms with Gasteiger partial charge >= 0.3 is 17.8 Å². The Hall–Kier alpha value is -7.83. The lowest BCUT2D eigenvalue weighted by atomic mass is 9.95. The van der Waals surface area contributed by atoms with E-state index in [0.717, 1.165) is 63.5 Å². The normalized spacial score (nSPS) is 23.8. The lowest BCUT2D eigenvalue weighted by molar-refractivity contribution is -0.135. The van der Waals surface area contributed by atoms with Gasteiger partial charge in [0.1, 0.15) is 47.8 Å². The standard InChI is InChI=1S/C56H57F2N13O6/c1-3-38-41(57)12-8-33-6-4-7-39(47(33)38)49-48(58)50-40(25-59-49)51(68-27-35-10-11-36(28-68)60-35)63-53(62-50)77-31-56-19-5-21-70(56)37(16-20-56)30-76-55(75)67-22-17-32(18-23-67)26-69-29-42(64-65-69)34-9-13-43-45(24-34)66(2)54(74)71(43)44-14-15-46(72)61-52(44)73/h1,4,6-9,12-13,24-25,29,32,35-37,44,60H,5,10-11,14-23,26-28,30-31H2,2H3,(H,61,72,73)/t35?,36?,37-,44?,56-/m0/s1. The van der Waals surface area contributed by atoms with Crippen LogP contribution < -0.4 is 26.0 Å². The molecule has 5 atom stereocenters. The number of ether oxygens (including phenoxy) is 2. The number of imidazole rings is 1. The van der Waals surface area contributed by atoms with Crippen LogP contribution >= 0.6 is 0 Å². The molecule has 3 unspecified atom stereocenters. The third kappa shape index (κ3) is 8.61. The number of piperidine rings is 2. The molecule has 2 N–H and O–H groups in total. The summed E-state index contributed by atoms with van der Waals surface area (Å²) in [5.41, 5.74) is 2.45. The number of carbonyl (C=O) groups is 3. The van der Waals surface area contributed by atoms with Gasteiger partial charge in [-0.15, -0.1) is 11.5 Å². The summed E-state index contributed by atoms with van der Waals surface area (Å²) in [6, 6.07) is 13.6. The molecule has 6 fully saturated rings. The van der Waals surface area contributed by atoms with Gasteiger partial charge in [-0.1, -0.05) is 41.5 Å². The molecule has 396 valence electrons. The Bertz CT molecular complexity index is 3650. The van der Waals surface area contributed by atoms with Gasteiger partial charge in [-0.2, -0.15) is 9.97 Å². The number of amides is 3. The van der Waals surface area contributed by atoms with Crippen molar-refractivity contribution in [2.24, 2.45) is 13.0 Å².